The van der Waals surface area contributed by atoms with E-state index in [0.717, 1.165) is 25.1 Å². The van der Waals surface area contributed by atoms with E-state index in [1.54, 1.807) is 23.7 Å². The topological polar surface area (TPSA) is 75.1 Å². The summed E-state index contributed by atoms with van der Waals surface area (Å²) in [6.45, 7) is 0.493. The van der Waals surface area contributed by atoms with Gasteiger partial charge < -0.3 is 10.4 Å². The van der Waals surface area contributed by atoms with Crippen LogP contribution in [-0.2, 0) is 6.42 Å². The predicted molar refractivity (Wildman–Crippen MR) is 84.9 cm³/mol. The van der Waals surface area contributed by atoms with E-state index in [-0.39, 0.29) is 18.4 Å². The molecule has 1 atom stereocenters. The summed E-state index contributed by atoms with van der Waals surface area (Å²) < 4.78 is 0. The molecule has 0 spiro atoms. The van der Waals surface area contributed by atoms with E-state index < -0.39 is 0 Å². The Bertz CT molecular complexity index is 609. The maximum atomic E-state index is 12.1. The first kappa shape index (κ1) is 15.1. The van der Waals surface area contributed by atoms with E-state index in [9.17, 15) is 9.90 Å². The summed E-state index contributed by atoms with van der Waals surface area (Å²) in [4.78, 5) is 21.8. The zero-order chi connectivity index (χ0) is 15.4. The molecule has 0 saturated heterocycles. The van der Waals surface area contributed by atoms with Gasteiger partial charge in [0.15, 0.2) is 0 Å². The number of carbonyl (C=O) groups excluding carboxylic acids is 1. The minimum atomic E-state index is -0.188. The Balaban J connectivity index is 1.51. The van der Waals surface area contributed by atoms with E-state index in [0.29, 0.717) is 18.0 Å². The van der Waals surface area contributed by atoms with Crippen LogP contribution in [0.15, 0.2) is 29.9 Å². The highest BCUT2D eigenvalue weighted by atomic mass is 32.1. The number of hydrogen-bond acceptors (Lipinski definition) is 5. The molecule has 22 heavy (non-hydrogen) atoms. The molecule has 116 valence electrons. The molecule has 2 aromatic heterocycles. The molecule has 1 saturated carbocycles. The Hall–Kier alpha value is -1.79. The molecule has 0 radical (unpaired) electrons. The number of aliphatic hydroxyl groups excluding tert-OH is 1. The Kier molecular flexibility index (Phi) is 4.80. The molecule has 0 bridgehead atoms. The monoisotopic (exact) mass is 317 g/mol. The first-order chi connectivity index (χ1) is 10.8. The summed E-state index contributed by atoms with van der Waals surface area (Å²) in [5, 5.41) is 14.3. The van der Waals surface area contributed by atoms with Crippen molar-refractivity contribution in [1.29, 1.82) is 0 Å². The molecule has 2 N–H and O–H groups in total. The minimum absolute atomic E-state index is 0.0225. The molecule has 1 amide bonds. The zero-order valence-corrected chi connectivity index (χ0v) is 13.1. The van der Waals surface area contributed by atoms with Crippen molar-refractivity contribution in [2.75, 3.05) is 13.2 Å². The Morgan fingerprint density at radius 2 is 2.18 bits per heavy atom. The second-order valence-electron chi connectivity index (χ2n) is 5.65. The Labute approximate surface area is 133 Å². The molecule has 5 nitrogen and oxygen atoms in total. The standard InChI is InChI=1S/C16H19N3O2S/c20-10-11(6-14-2-1-5-22-14)7-19-16(21)13-8-17-15(18-9-13)12-3-4-12/h1-2,5,8-9,11-12,20H,3-4,6-7,10H2,(H,19,21)/t11-/m1/s1. The normalized spacial score (nSPS) is 15.5. The number of carbonyl (C=O) groups is 1. The van der Waals surface area contributed by atoms with Crippen LogP contribution >= 0.6 is 11.3 Å². The van der Waals surface area contributed by atoms with Gasteiger partial charge in [-0.1, -0.05) is 6.07 Å². The van der Waals surface area contributed by atoms with Crippen LogP contribution in [0.1, 0.15) is 39.8 Å². The molecule has 6 heteroatoms. The van der Waals surface area contributed by atoms with Crippen LogP contribution in [0.4, 0.5) is 0 Å². The molecular weight excluding hydrogens is 298 g/mol. The van der Waals surface area contributed by atoms with E-state index in [1.807, 2.05) is 17.5 Å². The van der Waals surface area contributed by atoms with Crippen LogP contribution in [0.25, 0.3) is 0 Å². The fourth-order valence-corrected chi connectivity index (χ4v) is 3.08. The summed E-state index contributed by atoms with van der Waals surface area (Å²) in [6.07, 6.45) is 6.23. The van der Waals surface area contributed by atoms with Gasteiger partial charge in [0.05, 0.1) is 5.56 Å². The molecule has 3 rings (SSSR count). The number of hydrogen-bond donors (Lipinski definition) is 2. The number of thiophene rings is 1. The molecule has 1 aliphatic rings. The van der Waals surface area contributed by atoms with Crippen molar-refractivity contribution < 1.29 is 9.90 Å². The lowest BCUT2D eigenvalue weighted by Crippen LogP contribution is -2.31. The second kappa shape index (κ2) is 6.98. The third kappa shape index (κ3) is 3.90. The van der Waals surface area contributed by atoms with Crippen LogP contribution in [-0.4, -0.2) is 34.1 Å². The van der Waals surface area contributed by atoms with Crippen molar-refractivity contribution in [2.24, 2.45) is 5.92 Å². The van der Waals surface area contributed by atoms with Crippen LogP contribution in [0, 0.1) is 5.92 Å². The maximum absolute atomic E-state index is 12.1. The first-order valence-corrected chi connectivity index (χ1v) is 8.37. The quantitative estimate of drug-likeness (QED) is 0.819. The highest BCUT2D eigenvalue weighted by Crippen LogP contribution is 2.37. The smallest absolute Gasteiger partial charge is 0.254 e. The van der Waals surface area contributed by atoms with Crippen LogP contribution < -0.4 is 5.32 Å². The second-order valence-corrected chi connectivity index (χ2v) is 6.68. The Morgan fingerprint density at radius 1 is 1.41 bits per heavy atom. The van der Waals surface area contributed by atoms with Gasteiger partial charge in [-0.15, -0.1) is 11.3 Å². The van der Waals surface area contributed by atoms with Gasteiger partial charge >= 0.3 is 0 Å². The number of rotatable bonds is 7. The van der Waals surface area contributed by atoms with Gasteiger partial charge in [0.25, 0.3) is 5.91 Å². The third-order valence-corrected chi connectivity index (χ3v) is 4.65. The molecular formula is C16H19N3O2S. The third-order valence-electron chi connectivity index (χ3n) is 3.76. The van der Waals surface area contributed by atoms with Crippen molar-refractivity contribution in [3.05, 3.63) is 46.2 Å². The fraction of sp³-hybridized carbons (Fsp3) is 0.438. The number of aliphatic hydroxyl groups is 1. The van der Waals surface area contributed by atoms with E-state index >= 15 is 0 Å². The largest absolute Gasteiger partial charge is 0.396 e. The van der Waals surface area contributed by atoms with Gasteiger partial charge in [-0.3, -0.25) is 4.79 Å². The number of aromatic nitrogens is 2. The average Bonchev–Trinajstić information content (AvgIpc) is 3.28. The number of nitrogens with one attached hydrogen (secondary N) is 1. The molecule has 1 aliphatic carbocycles. The van der Waals surface area contributed by atoms with E-state index in [4.69, 9.17) is 0 Å². The van der Waals surface area contributed by atoms with Gasteiger partial charge in [-0.2, -0.15) is 0 Å². The number of nitrogens with zero attached hydrogens (tertiary/aromatic N) is 2. The van der Waals surface area contributed by atoms with Crippen LogP contribution in [0.3, 0.4) is 0 Å². The summed E-state index contributed by atoms with van der Waals surface area (Å²) in [5.74, 6) is 1.16. The molecule has 0 aromatic carbocycles. The van der Waals surface area contributed by atoms with Crippen molar-refractivity contribution >= 4 is 17.2 Å². The lowest BCUT2D eigenvalue weighted by Gasteiger charge is -2.14. The van der Waals surface area contributed by atoms with Gasteiger partial charge in [0.1, 0.15) is 5.82 Å². The molecule has 1 fully saturated rings. The van der Waals surface area contributed by atoms with Gasteiger partial charge in [-0.05, 0) is 30.7 Å². The average molecular weight is 317 g/mol. The lowest BCUT2D eigenvalue weighted by molar-refractivity contribution is 0.0939. The summed E-state index contributed by atoms with van der Waals surface area (Å²) in [5.41, 5.74) is 0.470. The number of amides is 1. The highest BCUT2D eigenvalue weighted by molar-refractivity contribution is 7.09. The SMILES string of the molecule is O=C(NC[C@H](CO)Cc1cccs1)c1cnc(C2CC2)nc1. The molecule has 2 aromatic rings. The summed E-state index contributed by atoms with van der Waals surface area (Å²) in [6, 6.07) is 4.03. The van der Waals surface area contributed by atoms with Gasteiger partial charge in [0, 0.05) is 42.3 Å². The Morgan fingerprint density at radius 3 is 2.77 bits per heavy atom. The highest BCUT2D eigenvalue weighted by Gasteiger charge is 2.26. The summed E-state index contributed by atoms with van der Waals surface area (Å²) >= 11 is 1.66. The molecule has 0 aliphatic heterocycles. The molecule has 0 unspecified atom stereocenters. The maximum Gasteiger partial charge on any atom is 0.254 e. The van der Waals surface area contributed by atoms with Crippen molar-refractivity contribution in [1.82, 2.24) is 15.3 Å². The first-order valence-electron chi connectivity index (χ1n) is 7.49. The predicted octanol–water partition coefficient (Wildman–Crippen LogP) is 2.00. The van der Waals surface area contributed by atoms with Crippen molar-refractivity contribution in [3.63, 3.8) is 0 Å². The lowest BCUT2D eigenvalue weighted by atomic mass is 10.1. The van der Waals surface area contributed by atoms with Gasteiger partial charge in [0.2, 0.25) is 0 Å². The fourth-order valence-electron chi connectivity index (χ4n) is 2.26. The van der Waals surface area contributed by atoms with Crippen molar-refractivity contribution in [2.45, 2.75) is 25.2 Å². The van der Waals surface area contributed by atoms with Crippen molar-refractivity contribution in [3.8, 4) is 0 Å². The van der Waals surface area contributed by atoms with Gasteiger partial charge in [-0.25, -0.2) is 9.97 Å². The van der Waals surface area contributed by atoms with E-state index in [2.05, 4.69) is 15.3 Å². The molecule has 2 heterocycles. The minimum Gasteiger partial charge on any atom is -0.396 e. The van der Waals surface area contributed by atoms with Crippen LogP contribution in [0.2, 0.25) is 0 Å². The zero-order valence-electron chi connectivity index (χ0n) is 12.2. The van der Waals surface area contributed by atoms with Crippen LogP contribution in [0.5, 0.6) is 0 Å². The van der Waals surface area contributed by atoms with E-state index in [1.165, 1.54) is 4.88 Å². The summed E-state index contributed by atoms with van der Waals surface area (Å²) in [7, 11) is 0.